The van der Waals surface area contributed by atoms with Gasteiger partial charge in [-0.25, -0.2) is 5.43 Å². The number of amides is 1. The smallest absolute Gasteiger partial charge is 0.265 e. The molecule has 0 radical (unpaired) electrons. The second-order valence-corrected chi connectivity index (χ2v) is 11.0. The fourth-order valence-corrected chi connectivity index (χ4v) is 5.95. The molecule has 8 N–H and O–H groups in total. The number of aliphatic hydroxyl groups is 3. The number of nitrogens with one attached hydrogen (secondary N) is 1. The number of ether oxygens (including phenoxy) is 3. The topological polar surface area (TPSA) is 230 Å². The Balaban J connectivity index is 0.00000442. The second-order valence-electron chi connectivity index (χ2n) is 11.0. The number of ketones is 2. The molecule has 14 nitrogen and oxygen atoms in total. The number of hydrogen-bond donors (Lipinski definition) is 7. The van der Waals surface area contributed by atoms with Crippen LogP contribution in [0.5, 0.6) is 17.2 Å². The molecule has 1 amide bonds. The van der Waals surface area contributed by atoms with Gasteiger partial charge in [-0.3, -0.25) is 14.4 Å². The molecule has 0 saturated carbocycles. The first-order chi connectivity index (χ1) is 20.3. The summed E-state index contributed by atoms with van der Waals surface area (Å²) in [4.78, 5) is 39.1. The standard InChI is InChI=1S/C29H33N3O11.ClH/c1-11-24(35)15(30)7-19(42-11)43-17-9-29(40,12(2)31-32-18(34)10-33)8-14-21(17)28(39)23-22(26(14)37)25(36)13-5-4-6-16(41-3)20(13)27(23)38;/h4-6,11,15,17,19,24,33,35,37,39-40H,7-10,30H2,1-3H3,(H,32,34);1H/b31-12-;/t11?,15?,17-,19?,24?,29-;/m0./s1. The van der Waals surface area contributed by atoms with Gasteiger partial charge in [0, 0.05) is 42.0 Å². The number of nitrogens with zero attached hydrogens (tertiary/aromatic N) is 1. The van der Waals surface area contributed by atoms with Gasteiger partial charge in [0.05, 0.1) is 47.8 Å². The number of methoxy groups -OCH3 is 1. The summed E-state index contributed by atoms with van der Waals surface area (Å²) in [6, 6.07) is 3.69. The number of hydrazone groups is 1. The van der Waals surface area contributed by atoms with E-state index in [-0.39, 0.29) is 59.0 Å². The van der Waals surface area contributed by atoms with Crippen LogP contribution in [0.2, 0.25) is 0 Å². The first kappa shape index (κ1) is 33.3. The molecule has 2 aliphatic carbocycles. The highest BCUT2D eigenvalue weighted by Crippen LogP contribution is 2.52. The molecule has 0 aromatic heterocycles. The lowest BCUT2D eigenvalue weighted by Crippen LogP contribution is -2.52. The van der Waals surface area contributed by atoms with Crippen molar-refractivity contribution in [3.63, 3.8) is 0 Å². The Kier molecular flexibility index (Phi) is 9.38. The highest BCUT2D eigenvalue weighted by atomic mass is 35.5. The van der Waals surface area contributed by atoms with E-state index in [0.717, 1.165) is 0 Å². The molecule has 44 heavy (non-hydrogen) atoms. The van der Waals surface area contributed by atoms with Crippen molar-refractivity contribution >= 4 is 35.6 Å². The van der Waals surface area contributed by atoms with Crippen LogP contribution in [0.1, 0.15) is 75.8 Å². The van der Waals surface area contributed by atoms with E-state index in [0.29, 0.717) is 0 Å². The number of rotatable bonds is 6. The number of fused-ring (bicyclic) bond motifs is 3. The van der Waals surface area contributed by atoms with E-state index in [1.54, 1.807) is 6.92 Å². The Bertz CT molecular complexity index is 1540. The predicted molar refractivity (Wildman–Crippen MR) is 155 cm³/mol. The number of carbonyl (C=O) groups excluding carboxylic acids is 3. The average Bonchev–Trinajstić information content (AvgIpc) is 2.98. The van der Waals surface area contributed by atoms with Crippen molar-refractivity contribution < 1.29 is 54.1 Å². The van der Waals surface area contributed by atoms with E-state index >= 15 is 0 Å². The molecule has 4 unspecified atom stereocenters. The first-order valence-corrected chi connectivity index (χ1v) is 13.6. The largest absolute Gasteiger partial charge is 0.507 e. The fraction of sp³-hybridized carbons (Fsp3) is 0.448. The van der Waals surface area contributed by atoms with Gasteiger partial charge in [0.2, 0.25) is 5.78 Å². The molecule has 1 aliphatic heterocycles. The quantitative estimate of drug-likeness (QED) is 0.110. The maximum atomic E-state index is 13.8. The zero-order valence-electron chi connectivity index (χ0n) is 24.1. The monoisotopic (exact) mass is 635 g/mol. The van der Waals surface area contributed by atoms with Gasteiger partial charge in [-0.1, -0.05) is 12.1 Å². The molecular formula is C29H34ClN3O11. The van der Waals surface area contributed by atoms with Crippen molar-refractivity contribution in [1.29, 1.82) is 0 Å². The van der Waals surface area contributed by atoms with Crippen LogP contribution in [0, 0.1) is 0 Å². The maximum absolute atomic E-state index is 13.8. The molecule has 1 saturated heterocycles. The van der Waals surface area contributed by atoms with Gasteiger partial charge in [0.15, 0.2) is 12.1 Å². The molecular weight excluding hydrogens is 602 g/mol. The predicted octanol–water partition coefficient (Wildman–Crippen LogP) is 0.346. The van der Waals surface area contributed by atoms with Gasteiger partial charge >= 0.3 is 0 Å². The van der Waals surface area contributed by atoms with Crippen LogP contribution in [0.15, 0.2) is 23.3 Å². The Morgan fingerprint density at radius 3 is 2.50 bits per heavy atom. The summed E-state index contributed by atoms with van der Waals surface area (Å²) in [5.41, 5.74) is 5.10. The number of aliphatic hydroxyl groups excluding tert-OH is 2. The van der Waals surface area contributed by atoms with E-state index in [1.807, 2.05) is 0 Å². The van der Waals surface area contributed by atoms with Crippen molar-refractivity contribution in [1.82, 2.24) is 5.43 Å². The molecule has 2 aromatic rings. The van der Waals surface area contributed by atoms with E-state index in [2.05, 4.69) is 10.5 Å². The Hall–Kier alpha value is -3.63. The Morgan fingerprint density at radius 1 is 1.18 bits per heavy atom. The number of phenolic OH excluding ortho intramolecular Hbond substituents is 2. The molecule has 6 atom stereocenters. The zero-order chi connectivity index (χ0) is 31.4. The van der Waals surface area contributed by atoms with E-state index in [4.69, 9.17) is 25.1 Å². The average molecular weight is 636 g/mol. The maximum Gasteiger partial charge on any atom is 0.265 e. The number of nitrogens with two attached hydrogens (primary N) is 1. The third-order valence-electron chi connectivity index (χ3n) is 8.31. The van der Waals surface area contributed by atoms with E-state index in [1.165, 1.54) is 32.2 Å². The van der Waals surface area contributed by atoms with Crippen LogP contribution in [0.25, 0.3) is 0 Å². The molecule has 3 aliphatic rings. The van der Waals surface area contributed by atoms with Crippen molar-refractivity contribution in [2.45, 2.75) is 69.4 Å². The minimum absolute atomic E-state index is 0. The van der Waals surface area contributed by atoms with Crippen molar-refractivity contribution in [3.8, 4) is 17.2 Å². The first-order valence-electron chi connectivity index (χ1n) is 13.6. The van der Waals surface area contributed by atoms with Crippen LogP contribution in [-0.4, -0.2) is 92.6 Å². The molecule has 0 bridgehead atoms. The lowest BCUT2D eigenvalue weighted by Gasteiger charge is -2.42. The summed E-state index contributed by atoms with van der Waals surface area (Å²) >= 11 is 0. The van der Waals surface area contributed by atoms with Gasteiger partial charge in [-0.2, -0.15) is 5.10 Å². The third-order valence-corrected chi connectivity index (χ3v) is 8.31. The fourth-order valence-electron chi connectivity index (χ4n) is 5.95. The highest BCUT2D eigenvalue weighted by molar-refractivity contribution is 6.31. The molecule has 0 spiro atoms. The van der Waals surface area contributed by atoms with Crippen LogP contribution < -0.4 is 15.9 Å². The molecule has 5 rings (SSSR count). The van der Waals surface area contributed by atoms with Gasteiger partial charge in [-0.15, -0.1) is 12.4 Å². The minimum Gasteiger partial charge on any atom is -0.507 e. The number of carbonyl (C=O) groups is 3. The van der Waals surface area contributed by atoms with Crippen LogP contribution >= 0.6 is 12.4 Å². The summed E-state index contributed by atoms with van der Waals surface area (Å²) < 4.78 is 17.3. The summed E-state index contributed by atoms with van der Waals surface area (Å²) in [6.45, 7) is 2.15. The summed E-state index contributed by atoms with van der Waals surface area (Å²) in [5, 5.41) is 58.1. The van der Waals surface area contributed by atoms with Crippen LogP contribution in [0.3, 0.4) is 0 Å². The molecule has 1 heterocycles. The summed E-state index contributed by atoms with van der Waals surface area (Å²) in [5.74, 6) is -3.49. The number of hydrogen-bond acceptors (Lipinski definition) is 13. The lowest BCUT2D eigenvalue weighted by molar-refractivity contribution is -0.245. The minimum atomic E-state index is -1.91. The van der Waals surface area contributed by atoms with Crippen molar-refractivity contribution in [2.75, 3.05) is 13.7 Å². The second kappa shape index (κ2) is 12.4. The SMILES string of the molecule is COc1cccc2c1C(=O)c1c(O)c3c(c(O)c1C2=O)C[C@@](O)(/C(C)=N\NC(=O)CO)C[C@@H]3OC1CC(N)C(O)C(C)O1.Cl. The molecule has 238 valence electrons. The van der Waals surface area contributed by atoms with Gasteiger partial charge < -0.3 is 45.5 Å². The summed E-state index contributed by atoms with van der Waals surface area (Å²) in [6.07, 6.45) is -4.64. The van der Waals surface area contributed by atoms with Crippen LogP contribution in [-0.2, 0) is 20.7 Å². The number of benzene rings is 2. The third kappa shape index (κ3) is 5.43. The normalized spacial score (nSPS) is 27.9. The highest BCUT2D eigenvalue weighted by Gasteiger charge is 2.49. The van der Waals surface area contributed by atoms with E-state index in [9.17, 15) is 34.8 Å². The number of halogens is 1. The molecule has 1 fully saturated rings. The van der Waals surface area contributed by atoms with Crippen molar-refractivity contribution in [3.05, 3.63) is 51.6 Å². The van der Waals surface area contributed by atoms with Crippen LogP contribution in [0.4, 0.5) is 0 Å². The van der Waals surface area contributed by atoms with Gasteiger partial charge in [0.25, 0.3) is 5.91 Å². The molecule has 2 aromatic carbocycles. The Morgan fingerprint density at radius 2 is 1.86 bits per heavy atom. The Labute approximate surface area is 257 Å². The van der Waals surface area contributed by atoms with Gasteiger partial charge in [-0.05, 0) is 19.9 Å². The zero-order valence-corrected chi connectivity index (χ0v) is 24.9. The summed E-state index contributed by atoms with van der Waals surface area (Å²) in [7, 11) is 1.33. The number of aromatic hydroxyl groups is 2. The van der Waals surface area contributed by atoms with Crippen molar-refractivity contribution in [2.24, 2.45) is 10.8 Å². The van der Waals surface area contributed by atoms with Gasteiger partial charge in [0.1, 0.15) is 29.5 Å². The lowest BCUT2D eigenvalue weighted by atomic mass is 9.72. The van der Waals surface area contributed by atoms with E-state index < -0.39 is 89.4 Å². The number of phenols is 2. The molecule has 15 heteroatoms.